The van der Waals surface area contributed by atoms with Crippen LogP contribution in [0.25, 0.3) is 0 Å². The zero-order valence-electron chi connectivity index (χ0n) is 12.5. The van der Waals surface area contributed by atoms with Crippen molar-refractivity contribution in [2.45, 2.75) is 37.6 Å². The summed E-state index contributed by atoms with van der Waals surface area (Å²) in [6.07, 6.45) is 2.01. The molecule has 1 heterocycles. The van der Waals surface area contributed by atoms with Gasteiger partial charge in [0.25, 0.3) is 0 Å². The molecular weight excluding hydrogens is 291 g/mol. The largest absolute Gasteiger partial charge is 0.301 e. The van der Waals surface area contributed by atoms with E-state index in [0.717, 1.165) is 38.1 Å². The Balaban J connectivity index is 1.87. The molecule has 0 unspecified atom stereocenters. The highest BCUT2D eigenvalue weighted by atomic mass is 32.2. The van der Waals surface area contributed by atoms with Crippen LogP contribution in [-0.4, -0.2) is 39.0 Å². The summed E-state index contributed by atoms with van der Waals surface area (Å²) < 4.78 is 39.7. The van der Waals surface area contributed by atoms with Crippen LogP contribution in [0.5, 0.6) is 0 Å². The summed E-state index contributed by atoms with van der Waals surface area (Å²) in [5, 5.41) is 0. The van der Waals surface area contributed by atoms with Gasteiger partial charge in [-0.1, -0.05) is 0 Å². The molecule has 21 heavy (non-hydrogen) atoms. The van der Waals surface area contributed by atoms with E-state index in [1.54, 1.807) is 0 Å². The van der Waals surface area contributed by atoms with E-state index in [-0.39, 0.29) is 4.90 Å². The van der Waals surface area contributed by atoms with E-state index in [1.165, 1.54) is 12.1 Å². The van der Waals surface area contributed by atoms with Gasteiger partial charge >= 0.3 is 0 Å². The van der Waals surface area contributed by atoms with Crippen LogP contribution < -0.4 is 4.72 Å². The Bertz CT molecular complexity index is 550. The fourth-order valence-corrected chi connectivity index (χ4v) is 3.71. The monoisotopic (exact) mass is 314 g/mol. The Morgan fingerprint density at radius 2 is 1.81 bits per heavy atom. The molecule has 1 aromatic carbocycles. The van der Waals surface area contributed by atoms with Gasteiger partial charge in [-0.05, 0) is 70.0 Å². The molecule has 0 bridgehead atoms. The Hall–Kier alpha value is -0.980. The molecule has 6 heteroatoms. The predicted molar refractivity (Wildman–Crippen MR) is 81.0 cm³/mol. The summed E-state index contributed by atoms with van der Waals surface area (Å²) in [5.74, 6) is -0.0646. The second kappa shape index (κ2) is 6.85. The van der Waals surface area contributed by atoms with E-state index in [0.29, 0.717) is 18.5 Å². The maximum atomic E-state index is 12.8. The second-order valence-electron chi connectivity index (χ2n) is 5.88. The summed E-state index contributed by atoms with van der Waals surface area (Å²) in [6.45, 7) is 6.84. The Morgan fingerprint density at radius 1 is 1.24 bits per heavy atom. The Labute approximate surface area is 126 Å². The number of likely N-dealkylation sites (tertiary alicyclic amines) is 1. The van der Waals surface area contributed by atoms with E-state index in [2.05, 4.69) is 23.5 Å². The lowest BCUT2D eigenvalue weighted by atomic mass is 9.96. The van der Waals surface area contributed by atoms with Gasteiger partial charge in [-0.2, -0.15) is 0 Å². The first-order valence-electron chi connectivity index (χ1n) is 7.38. The van der Waals surface area contributed by atoms with Crippen LogP contribution in [0.15, 0.2) is 29.2 Å². The van der Waals surface area contributed by atoms with Crippen LogP contribution in [0.3, 0.4) is 0 Å². The van der Waals surface area contributed by atoms with Crippen molar-refractivity contribution in [3.63, 3.8) is 0 Å². The van der Waals surface area contributed by atoms with Crippen molar-refractivity contribution < 1.29 is 12.8 Å². The van der Waals surface area contributed by atoms with Crippen molar-refractivity contribution in [1.29, 1.82) is 0 Å². The van der Waals surface area contributed by atoms with Gasteiger partial charge in [0.15, 0.2) is 0 Å². The summed E-state index contributed by atoms with van der Waals surface area (Å²) in [7, 11) is -3.54. The normalized spacial score (nSPS) is 18.3. The van der Waals surface area contributed by atoms with Gasteiger partial charge in [-0.25, -0.2) is 17.5 Å². The molecule has 1 N–H and O–H groups in total. The molecule has 4 nitrogen and oxygen atoms in total. The first kappa shape index (κ1) is 16.4. The van der Waals surface area contributed by atoms with Gasteiger partial charge in [0.05, 0.1) is 4.90 Å². The molecule has 0 amide bonds. The molecule has 2 rings (SSSR count). The first-order valence-corrected chi connectivity index (χ1v) is 8.86. The summed E-state index contributed by atoms with van der Waals surface area (Å²) >= 11 is 0. The zero-order valence-corrected chi connectivity index (χ0v) is 13.4. The molecule has 0 radical (unpaired) electrons. The van der Waals surface area contributed by atoms with Gasteiger partial charge in [-0.3, -0.25) is 0 Å². The average molecular weight is 314 g/mol. The third kappa shape index (κ3) is 4.49. The van der Waals surface area contributed by atoms with Crippen molar-refractivity contribution in [3.8, 4) is 0 Å². The highest BCUT2D eigenvalue weighted by molar-refractivity contribution is 7.89. The molecule has 1 aliphatic rings. The molecule has 1 fully saturated rings. The van der Waals surface area contributed by atoms with Crippen LogP contribution in [0.2, 0.25) is 0 Å². The number of piperidine rings is 1. The molecule has 1 aromatic rings. The van der Waals surface area contributed by atoms with Gasteiger partial charge < -0.3 is 4.90 Å². The van der Waals surface area contributed by atoms with Crippen LogP contribution in [0.4, 0.5) is 4.39 Å². The van der Waals surface area contributed by atoms with Crippen molar-refractivity contribution >= 4 is 10.0 Å². The smallest absolute Gasteiger partial charge is 0.240 e. The average Bonchev–Trinajstić information content (AvgIpc) is 2.46. The summed E-state index contributed by atoms with van der Waals surface area (Å²) in [6, 6.07) is 5.45. The maximum absolute atomic E-state index is 12.8. The van der Waals surface area contributed by atoms with Gasteiger partial charge in [0.2, 0.25) is 10.0 Å². The van der Waals surface area contributed by atoms with E-state index in [9.17, 15) is 12.8 Å². The number of hydrogen-bond donors (Lipinski definition) is 1. The van der Waals surface area contributed by atoms with Gasteiger partial charge in [0.1, 0.15) is 5.82 Å². The lowest BCUT2D eigenvalue weighted by Crippen LogP contribution is -2.41. The summed E-state index contributed by atoms with van der Waals surface area (Å²) in [5.41, 5.74) is 0. The van der Waals surface area contributed by atoms with Crippen molar-refractivity contribution in [1.82, 2.24) is 9.62 Å². The molecule has 0 aromatic heterocycles. The molecule has 0 spiro atoms. The van der Waals surface area contributed by atoms with Crippen molar-refractivity contribution in [2.24, 2.45) is 5.92 Å². The van der Waals surface area contributed by atoms with E-state index in [4.69, 9.17) is 0 Å². The molecular formula is C15H23FN2O2S. The van der Waals surface area contributed by atoms with Gasteiger partial charge in [0, 0.05) is 12.6 Å². The lowest BCUT2D eigenvalue weighted by molar-refractivity contribution is 0.151. The quantitative estimate of drug-likeness (QED) is 0.906. The number of rotatable bonds is 5. The molecule has 118 valence electrons. The minimum Gasteiger partial charge on any atom is -0.301 e. The van der Waals surface area contributed by atoms with Crippen LogP contribution in [0.1, 0.15) is 26.7 Å². The fraction of sp³-hybridized carbons (Fsp3) is 0.600. The Kier molecular flexibility index (Phi) is 5.35. The fourth-order valence-electron chi connectivity index (χ4n) is 2.60. The molecule has 0 saturated carbocycles. The highest BCUT2D eigenvalue weighted by Crippen LogP contribution is 2.19. The summed E-state index contributed by atoms with van der Waals surface area (Å²) in [4.78, 5) is 2.52. The lowest BCUT2D eigenvalue weighted by Gasteiger charge is -2.34. The first-order chi connectivity index (χ1) is 9.88. The molecule has 0 aliphatic carbocycles. The van der Waals surface area contributed by atoms with Crippen LogP contribution in [-0.2, 0) is 10.0 Å². The van der Waals surface area contributed by atoms with E-state index in [1.807, 2.05) is 0 Å². The van der Waals surface area contributed by atoms with Crippen molar-refractivity contribution in [2.75, 3.05) is 19.6 Å². The molecule has 0 atom stereocenters. The maximum Gasteiger partial charge on any atom is 0.240 e. The topological polar surface area (TPSA) is 49.4 Å². The van der Waals surface area contributed by atoms with E-state index < -0.39 is 15.8 Å². The standard InChI is InChI=1S/C15H23FN2O2S/c1-12(2)18-9-7-13(8-10-18)11-17-21(19,20)15-5-3-14(16)4-6-15/h3-6,12-13,17H,7-11H2,1-2H3. The second-order valence-corrected chi connectivity index (χ2v) is 7.65. The number of sulfonamides is 1. The third-order valence-electron chi connectivity index (χ3n) is 4.07. The van der Waals surface area contributed by atoms with Crippen LogP contribution in [0, 0.1) is 11.7 Å². The van der Waals surface area contributed by atoms with E-state index >= 15 is 0 Å². The number of hydrogen-bond acceptors (Lipinski definition) is 3. The van der Waals surface area contributed by atoms with Gasteiger partial charge in [-0.15, -0.1) is 0 Å². The minimum atomic E-state index is -3.54. The number of nitrogens with one attached hydrogen (secondary N) is 1. The SMILES string of the molecule is CC(C)N1CCC(CNS(=O)(=O)c2ccc(F)cc2)CC1. The minimum absolute atomic E-state index is 0.114. The number of benzene rings is 1. The van der Waals surface area contributed by atoms with Crippen LogP contribution >= 0.6 is 0 Å². The number of halogens is 1. The highest BCUT2D eigenvalue weighted by Gasteiger charge is 2.22. The zero-order chi connectivity index (χ0) is 15.5. The molecule has 1 aliphatic heterocycles. The molecule has 1 saturated heterocycles. The Morgan fingerprint density at radius 3 is 2.33 bits per heavy atom. The number of nitrogens with zero attached hydrogens (tertiary/aromatic N) is 1. The predicted octanol–water partition coefficient (Wildman–Crippen LogP) is 2.22. The van der Waals surface area contributed by atoms with Crippen molar-refractivity contribution in [3.05, 3.63) is 30.1 Å². The third-order valence-corrected chi connectivity index (χ3v) is 5.50.